The number of rotatable bonds is 5. The summed E-state index contributed by atoms with van der Waals surface area (Å²) in [6, 6.07) is 5.92. The Balaban J connectivity index is 2.01. The minimum atomic E-state index is -4.44. The molecule has 0 unspecified atom stereocenters. The minimum Gasteiger partial charge on any atom is -0.478 e. The summed E-state index contributed by atoms with van der Waals surface area (Å²) < 4.78 is 38.3. The number of aryl methyl sites for hydroxylation is 1. The fraction of sp³-hybridized carbons (Fsp3) is 0.250. The van der Waals surface area contributed by atoms with Crippen LogP contribution in [0.15, 0.2) is 29.6 Å². The Bertz CT molecular complexity index is 768. The van der Waals surface area contributed by atoms with Crippen molar-refractivity contribution in [1.29, 1.82) is 0 Å². The number of thiophene rings is 1. The van der Waals surface area contributed by atoms with Crippen molar-refractivity contribution in [2.45, 2.75) is 26.1 Å². The molecule has 0 aliphatic rings. The second kappa shape index (κ2) is 7.04. The van der Waals surface area contributed by atoms with E-state index in [2.05, 4.69) is 5.32 Å². The fourth-order valence-electron chi connectivity index (χ4n) is 2.17. The van der Waals surface area contributed by atoms with Crippen LogP contribution in [0.25, 0.3) is 0 Å². The molecule has 0 aliphatic carbocycles. The Labute approximate surface area is 139 Å². The Hall–Kier alpha value is -2.35. The molecule has 0 saturated carbocycles. The van der Waals surface area contributed by atoms with Gasteiger partial charge in [-0.1, -0.05) is 12.1 Å². The standard InChI is InChI=1S/C16H14F3NO3S/c1-9-2-3-10(6-12(9)15(22)23)7-13(21)20-8-11-4-5-24-14(11)16(17,18)19/h2-6H,7-8H2,1H3,(H,20,21)(H,22,23). The SMILES string of the molecule is Cc1ccc(CC(=O)NCc2ccsc2C(F)(F)F)cc1C(=O)O. The number of benzene rings is 1. The molecule has 8 heteroatoms. The molecule has 1 heterocycles. The molecule has 0 radical (unpaired) electrons. The number of carbonyl (C=O) groups is 2. The van der Waals surface area contributed by atoms with Gasteiger partial charge in [-0.3, -0.25) is 4.79 Å². The summed E-state index contributed by atoms with van der Waals surface area (Å²) in [7, 11) is 0. The van der Waals surface area contributed by atoms with Crippen molar-refractivity contribution in [3.63, 3.8) is 0 Å². The van der Waals surface area contributed by atoms with Crippen molar-refractivity contribution in [2.24, 2.45) is 0 Å². The predicted octanol–water partition coefficient (Wildman–Crippen LogP) is 3.63. The van der Waals surface area contributed by atoms with Crippen LogP contribution in [0.3, 0.4) is 0 Å². The quantitative estimate of drug-likeness (QED) is 0.859. The Kier molecular flexibility index (Phi) is 5.28. The Morgan fingerprint density at radius 1 is 1.25 bits per heavy atom. The number of carbonyl (C=O) groups excluding carboxylic acids is 1. The lowest BCUT2D eigenvalue weighted by Crippen LogP contribution is -2.25. The number of aromatic carboxylic acids is 1. The first-order valence-electron chi connectivity index (χ1n) is 6.91. The number of carboxylic acid groups (broad SMARTS) is 1. The highest BCUT2D eigenvalue weighted by Crippen LogP contribution is 2.35. The number of carboxylic acids is 1. The van der Waals surface area contributed by atoms with Crippen molar-refractivity contribution in [1.82, 2.24) is 5.32 Å². The zero-order valence-electron chi connectivity index (χ0n) is 12.6. The van der Waals surface area contributed by atoms with Crippen LogP contribution in [-0.4, -0.2) is 17.0 Å². The smallest absolute Gasteiger partial charge is 0.425 e. The number of hydrogen-bond acceptors (Lipinski definition) is 3. The van der Waals surface area contributed by atoms with Crippen molar-refractivity contribution in [2.75, 3.05) is 0 Å². The maximum absolute atomic E-state index is 12.8. The molecule has 0 atom stereocenters. The first-order valence-corrected chi connectivity index (χ1v) is 7.79. The van der Waals surface area contributed by atoms with E-state index in [0.29, 0.717) is 22.5 Å². The second-order valence-electron chi connectivity index (χ2n) is 5.18. The van der Waals surface area contributed by atoms with E-state index in [1.54, 1.807) is 19.1 Å². The van der Waals surface area contributed by atoms with Gasteiger partial charge in [0.05, 0.1) is 12.0 Å². The van der Waals surface area contributed by atoms with E-state index in [4.69, 9.17) is 5.11 Å². The molecule has 1 aromatic heterocycles. The summed E-state index contributed by atoms with van der Waals surface area (Å²) in [6.07, 6.45) is -4.55. The Morgan fingerprint density at radius 2 is 1.96 bits per heavy atom. The zero-order chi connectivity index (χ0) is 17.9. The monoisotopic (exact) mass is 357 g/mol. The van der Waals surface area contributed by atoms with E-state index >= 15 is 0 Å². The van der Waals surface area contributed by atoms with Gasteiger partial charge in [0.25, 0.3) is 0 Å². The normalized spacial score (nSPS) is 11.3. The van der Waals surface area contributed by atoms with Crippen LogP contribution in [0.5, 0.6) is 0 Å². The molecule has 1 aromatic carbocycles. The van der Waals surface area contributed by atoms with Crippen molar-refractivity contribution in [3.8, 4) is 0 Å². The highest BCUT2D eigenvalue weighted by atomic mass is 32.1. The van der Waals surface area contributed by atoms with Gasteiger partial charge in [-0.2, -0.15) is 13.2 Å². The minimum absolute atomic E-state index is 0.0102. The molecule has 0 aliphatic heterocycles. The van der Waals surface area contributed by atoms with E-state index in [0.717, 1.165) is 0 Å². The molecule has 128 valence electrons. The molecule has 2 rings (SSSR count). The molecule has 2 aromatic rings. The molecule has 0 bridgehead atoms. The lowest BCUT2D eigenvalue weighted by atomic mass is 10.0. The Morgan fingerprint density at radius 3 is 2.58 bits per heavy atom. The second-order valence-corrected chi connectivity index (χ2v) is 6.10. The van der Waals surface area contributed by atoms with Gasteiger partial charge >= 0.3 is 12.1 Å². The number of amides is 1. The molecule has 2 N–H and O–H groups in total. The number of nitrogens with one attached hydrogen (secondary N) is 1. The van der Waals surface area contributed by atoms with Crippen LogP contribution in [0.1, 0.15) is 31.9 Å². The summed E-state index contributed by atoms with van der Waals surface area (Å²) >= 11 is 0.577. The molecule has 0 fully saturated rings. The lowest BCUT2D eigenvalue weighted by molar-refractivity contribution is -0.135. The highest BCUT2D eigenvalue weighted by Gasteiger charge is 2.34. The maximum Gasteiger partial charge on any atom is 0.425 e. The van der Waals surface area contributed by atoms with Crippen molar-refractivity contribution < 1.29 is 27.9 Å². The predicted molar refractivity (Wildman–Crippen MR) is 83.0 cm³/mol. The molecular weight excluding hydrogens is 343 g/mol. The third-order valence-electron chi connectivity index (χ3n) is 3.38. The van der Waals surface area contributed by atoms with Crippen molar-refractivity contribution in [3.05, 3.63) is 56.8 Å². The van der Waals surface area contributed by atoms with Crippen LogP contribution in [-0.2, 0) is 23.9 Å². The number of halogens is 3. The summed E-state index contributed by atoms with van der Waals surface area (Å²) in [5, 5.41) is 12.8. The number of alkyl halides is 3. The van der Waals surface area contributed by atoms with Crippen LogP contribution < -0.4 is 5.32 Å². The third kappa shape index (κ3) is 4.35. The summed E-state index contributed by atoms with van der Waals surface area (Å²) in [4.78, 5) is 22.2. The van der Waals surface area contributed by atoms with Gasteiger partial charge in [0, 0.05) is 6.54 Å². The first kappa shape index (κ1) is 18.0. The summed E-state index contributed by atoms with van der Waals surface area (Å²) in [5.74, 6) is -1.57. The van der Waals surface area contributed by atoms with Gasteiger partial charge < -0.3 is 10.4 Å². The van der Waals surface area contributed by atoms with Gasteiger partial charge in [-0.25, -0.2) is 4.79 Å². The average molecular weight is 357 g/mol. The van der Waals surface area contributed by atoms with E-state index < -0.39 is 22.9 Å². The molecular formula is C16H14F3NO3S. The van der Waals surface area contributed by atoms with Gasteiger partial charge in [0.2, 0.25) is 5.91 Å². The van der Waals surface area contributed by atoms with E-state index in [1.807, 2.05) is 0 Å². The van der Waals surface area contributed by atoms with E-state index in [1.165, 1.54) is 17.5 Å². The van der Waals surface area contributed by atoms with Crippen LogP contribution in [0, 0.1) is 6.92 Å². The molecule has 4 nitrogen and oxygen atoms in total. The first-order chi connectivity index (χ1) is 11.2. The maximum atomic E-state index is 12.8. The van der Waals surface area contributed by atoms with Crippen molar-refractivity contribution >= 4 is 23.2 Å². The van der Waals surface area contributed by atoms with Crippen LogP contribution in [0.2, 0.25) is 0 Å². The van der Waals surface area contributed by atoms with Gasteiger partial charge in [0.15, 0.2) is 0 Å². The third-order valence-corrected chi connectivity index (χ3v) is 4.38. The largest absolute Gasteiger partial charge is 0.478 e. The van der Waals surface area contributed by atoms with E-state index in [-0.39, 0.29) is 24.1 Å². The molecule has 0 spiro atoms. The number of hydrogen-bond donors (Lipinski definition) is 2. The van der Waals surface area contributed by atoms with Gasteiger partial charge in [-0.05, 0) is 41.1 Å². The molecule has 1 amide bonds. The highest BCUT2D eigenvalue weighted by molar-refractivity contribution is 7.10. The van der Waals surface area contributed by atoms with Crippen LogP contribution in [0.4, 0.5) is 13.2 Å². The fourth-order valence-corrected chi connectivity index (χ4v) is 2.97. The summed E-state index contributed by atoms with van der Waals surface area (Å²) in [6.45, 7) is 1.41. The molecule has 0 saturated heterocycles. The van der Waals surface area contributed by atoms with E-state index in [9.17, 15) is 22.8 Å². The van der Waals surface area contributed by atoms with Gasteiger partial charge in [-0.15, -0.1) is 11.3 Å². The summed E-state index contributed by atoms with van der Waals surface area (Å²) in [5.41, 5.74) is 1.16. The zero-order valence-corrected chi connectivity index (χ0v) is 13.4. The lowest BCUT2D eigenvalue weighted by Gasteiger charge is -2.09. The topological polar surface area (TPSA) is 66.4 Å². The van der Waals surface area contributed by atoms with Crippen LogP contribution >= 0.6 is 11.3 Å². The average Bonchev–Trinajstić information content (AvgIpc) is 2.95. The van der Waals surface area contributed by atoms with Gasteiger partial charge in [0.1, 0.15) is 4.88 Å². The molecule has 24 heavy (non-hydrogen) atoms.